The summed E-state index contributed by atoms with van der Waals surface area (Å²) in [6.45, 7) is 0. The Kier molecular flexibility index (Phi) is 4.15. The number of nitrogens with one attached hydrogen (secondary N) is 1. The zero-order valence-electron chi connectivity index (χ0n) is 10.7. The lowest BCUT2D eigenvalue weighted by Crippen LogP contribution is -2.30. The number of para-hydroxylation sites is 1. The number of amides is 1. The molecule has 0 aliphatic carbocycles. The Hall–Kier alpha value is -2.33. The Balaban J connectivity index is 2.38. The first-order chi connectivity index (χ1) is 9.26. The van der Waals surface area contributed by atoms with Gasteiger partial charge in [-0.1, -0.05) is 42.5 Å². The number of carbonyl (C=O) groups is 1. The van der Waals surface area contributed by atoms with Gasteiger partial charge in [0.15, 0.2) is 0 Å². The SMILES string of the molecule is COc1c(Cc2ccccc2)cccc1C(=O)NN. The molecule has 0 atom stereocenters. The molecule has 98 valence electrons. The van der Waals surface area contributed by atoms with Crippen LogP contribution in [-0.2, 0) is 6.42 Å². The van der Waals surface area contributed by atoms with Crippen LogP contribution in [0.3, 0.4) is 0 Å². The van der Waals surface area contributed by atoms with E-state index in [2.05, 4.69) is 5.43 Å². The Morgan fingerprint density at radius 2 is 1.89 bits per heavy atom. The number of methoxy groups -OCH3 is 1. The van der Waals surface area contributed by atoms with Crippen LogP contribution < -0.4 is 16.0 Å². The Morgan fingerprint density at radius 3 is 2.53 bits per heavy atom. The summed E-state index contributed by atoms with van der Waals surface area (Å²) in [4.78, 5) is 11.7. The third-order valence-electron chi connectivity index (χ3n) is 2.91. The average Bonchev–Trinajstić information content (AvgIpc) is 2.47. The number of nitrogen functional groups attached to an aromatic ring is 1. The van der Waals surface area contributed by atoms with Gasteiger partial charge in [0.1, 0.15) is 5.75 Å². The van der Waals surface area contributed by atoms with Crippen LogP contribution in [0.4, 0.5) is 0 Å². The first kappa shape index (κ1) is 13.1. The van der Waals surface area contributed by atoms with Gasteiger partial charge in [-0.3, -0.25) is 10.2 Å². The van der Waals surface area contributed by atoms with Crippen molar-refractivity contribution in [3.05, 3.63) is 65.2 Å². The van der Waals surface area contributed by atoms with Gasteiger partial charge in [0.2, 0.25) is 0 Å². The lowest BCUT2D eigenvalue weighted by atomic mass is 10.0. The Morgan fingerprint density at radius 1 is 1.16 bits per heavy atom. The lowest BCUT2D eigenvalue weighted by molar-refractivity contribution is 0.0950. The lowest BCUT2D eigenvalue weighted by Gasteiger charge is -2.12. The summed E-state index contributed by atoms with van der Waals surface area (Å²) < 4.78 is 5.36. The highest BCUT2D eigenvalue weighted by Crippen LogP contribution is 2.26. The van der Waals surface area contributed by atoms with Crippen molar-refractivity contribution in [1.29, 1.82) is 0 Å². The van der Waals surface area contributed by atoms with Crippen molar-refractivity contribution in [3.8, 4) is 5.75 Å². The predicted molar refractivity (Wildman–Crippen MR) is 73.9 cm³/mol. The van der Waals surface area contributed by atoms with Crippen LogP contribution in [0.2, 0.25) is 0 Å². The second-order valence-corrected chi connectivity index (χ2v) is 4.13. The summed E-state index contributed by atoms with van der Waals surface area (Å²) >= 11 is 0. The van der Waals surface area contributed by atoms with Crippen molar-refractivity contribution in [2.75, 3.05) is 7.11 Å². The van der Waals surface area contributed by atoms with E-state index >= 15 is 0 Å². The minimum absolute atomic E-state index is 0.355. The summed E-state index contributed by atoms with van der Waals surface area (Å²) in [5.41, 5.74) is 4.68. The minimum atomic E-state index is -0.355. The number of carbonyl (C=O) groups excluding carboxylic acids is 1. The quantitative estimate of drug-likeness (QED) is 0.499. The zero-order chi connectivity index (χ0) is 13.7. The Labute approximate surface area is 112 Å². The molecule has 0 spiro atoms. The summed E-state index contributed by atoms with van der Waals surface area (Å²) in [5.74, 6) is 5.38. The third kappa shape index (κ3) is 2.92. The molecule has 0 heterocycles. The first-order valence-corrected chi connectivity index (χ1v) is 5.97. The molecular weight excluding hydrogens is 240 g/mol. The maximum atomic E-state index is 11.7. The predicted octanol–water partition coefficient (Wildman–Crippen LogP) is 1.89. The number of rotatable bonds is 4. The second-order valence-electron chi connectivity index (χ2n) is 4.13. The molecule has 1 amide bonds. The first-order valence-electron chi connectivity index (χ1n) is 5.97. The van der Waals surface area contributed by atoms with E-state index in [4.69, 9.17) is 10.6 Å². The molecule has 19 heavy (non-hydrogen) atoms. The van der Waals surface area contributed by atoms with E-state index in [0.717, 1.165) is 11.1 Å². The monoisotopic (exact) mass is 256 g/mol. The molecule has 4 nitrogen and oxygen atoms in total. The van der Waals surface area contributed by atoms with E-state index in [0.29, 0.717) is 17.7 Å². The zero-order valence-corrected chi connectivity index (χ0v) is 10.7. The van der Waals surface area contributed by atoms with Crippen LogP contribution in [0.25, 0.3) is 0 Å². The highest BCUT2D eigenvalue weighted by atomic mass is 16.5. The Bertz CT molecular complexity index is 568. The standard InChI is InChI=1S/C15H16N2O2/c1-19-14-12(10-11-6-3-2-4-7-11)8-5-9-13(14)15(18)17-16/h2-9H,10,16H2,1H3,(H,17,18). The number of hydrogen-bond acceptors (Lipinski definition) is 3. The molecule has 3 N–H and O–H groups in total. The summed E-state index contributed by atoms with van der Waals surface area (Å²) in [5, 5.41) is 0. The van der Waals surface area contributed by atoms with Crippen LogP contribution in [0.15, 0.2) is 48.5 Å². The molecule has 0 saturated carbocycles. The third-order valence-corrected chi connectivity index (χ3v) is 2.91. The van der Waals surface area contributed by atoms with E-state index in [9.17, 15) is 4.79 Å². The highest BCUT2D eigenvalue weighted by Gasteiger charge is 2.14. The van der Waals surface area contributed by atoms with Gasteiger partial charge < -0.3 is 4.74 Å². The molecule has 0 aromatic heterocycles. The van der Waals surface area contributed by atoms with Crippen LogP contribution in [0.1, 0.15) is 21.5 Å². The molecule has 0 unspecified atom stereocenters. The molecule has 2 aromatic carbocycles. The van der Waals surface area contributed by atoms with E-state index in [-0.39, 0.29) is 5.91 Å². The number of hydrogen-bond donors (Lipinski definition) is 2. The topological polar surface area (TPSA) is 64.3 Å². The fourth-order valence-corrected chi connectivity index (χ4v) is 2.04. The van der Waals surface area contributed by atoms with Gasteiger partial charge in [0.05, 0.1) is 12.7 Å². The summed E-state index contributed by atoms with van der Waals surface area (Å²) in [7, 11) is 1.55. The van der Waals surface area contributed by atoms with E-state index in [1.165, 1.54) is 0 Å². The van der Waals surface area contributed by atoms with Gasteiger partial charge in [0, 0.05) is 6.42 Å². The normalized spacial score (nSPS) is 10.0. The fourth-order valence-electron chi connectivity index (χ4n) is 2.04. The number of ether oxygens (including phenoxy) is 1. The minimum Gasteiger partial charge on any atom is -0.496 e. The van der Waals surface area contributed by atoms with Crippen molar-refractivity contribution in [2.45, 2.75) is 6.42 Å². The van der Waals surface area contributed by atoms with Crippen LogP contribution in [-0.4, -0.2) is 13.0 Å². The van der Waals surface area contributed by atoms with Gasteiger partial charge in [-0.25, -0.2) is 5.84 Å². The van der Waals surface area contributed by atoms with Crippen molar-refractivity contribution in [2.24, 2.45) is 5.84 Å². The molecule has 2 rings (SSSR count). The number of hydrazine groups is 1. The maximum absolute atomic E-state index is 11.7. The smallest absolute Gasteiger partial charge is 0.268 e. The van der Waals surface area contributed by atoms with Crippen LogP contribution in [0.5, 0.6) is 5.75 Å². The highest BCUT2D eigenvalue weighted by molar-refractivity contribution is 5.97. The van der Waals surface area contributed by atoms with Gasteiger partial charge >= 0.3 is 0 Å². The number of benzene rings is 2. The molecule has 4 heteroatoms. The molecular formula is C15H16N2O2. The largest absolute Gasteiger partial charge is 0.496 e. The fraction of sp³-hybridized carbons (Fsp3) is 0.133. The van der Waals surface area contributed by atoms with Gasteiger partial charge in [-0.05, 0) is 17.2 Å². The maximum Gasteiger partial charge on any atom is 0.268 e. The summed E-state index contributed by atoms with van der Waals surface area (Å²) in [6, 6.07) is 15.5. The van der Waals surface area contributed by atoms with E-state index in [1.807, 2.05) is 42.5 Å². The van der Waals surface area contributed by atoms with Crippen LogP contribution in [0, 0.1) is 0 Å². The van der Waals surface area contributed by atoms with Crippen molar-refractivity contribution in [1.82, 2.24) is 5.43 Å². The van der Waals surface area contributed by atoms with Crippen molar-refractivity contribution < 1.29 is 9.53 Å². The van der Waals surface area contributed by atoms with E-state index < -0.39 is 0 Å². The molecule has 0 saturated heterocycles. The molecule has 0 radical (unpaired) electrons. The molecule has 0 aliphatic rings. The molecule has 0 fully saturated rings. The van der Waals surface area contributed by atoms with Gasteiger partial charge in [-0.2, -0.15) is 0 Å². The van der Waals surface area contributed by atoms with Crippen molar-refractivity contribution >= 4 is 5.91 Å². The second kappa shape index (κ2) is 6.02. The average molecular weight is 256 g/mol. The molecule has 2 aromatic rings. The van der Waals surface area contributed by atoms with Crippen LogP contribution >= 0.6 is 0 Å². The summed E-state index contributed by atoms with van der Waals surface area (Å²) in [6.07, 6.45) is 0.704. The number of nitrogens with two attached hydrogens (primary N) is 1. The molecule has 0 aliphatic heterocycles. The van der Waals surface area contributed by atoms with E-state index in [1.54, 1.807) is 13.2 Å². The van der Waals surface area contributed by atoms with Crippen molar-refractivity contribution in [3.63, 3.8) is 0 Å². The molecule has 0 bridgehead atoms. The van der Waals surface area contributed by atoms with Gasteiger partial charge in [0.25, 0.3) is 5.91 Å². The van der Waals surface area contributed by atoms with Gasteiger partial charge in [-0.15, -0.1) is 0 Å².